The van der Waals surface area contributed by atoms with Gasteiger partial charge in [-0.25, -0.2) is 5.01 Å². The summed E-state index contributed by atoms with van der Waals surface area (Å²) in [4.78, 5) is 25.0. The minimum absolute atomic E-state index is 0.0910. The molecule has 0 bridgehead atoms. The Morgan fingerprint density at radius 3 is 2.62 bits per heavy atom. The maximum Gasteiger partial charge on any atom is 0.276 e. The Kier molecular flexibility index (Phi) is 6.64. The molecule has 1 heterocycles. The van der Waals surface area contributed by atoms with Crippen LogP contribution in [0.5, 0.6) is 0 Å². The highest BCUT2D eigenvalue weighted by Crippen LogP contribution is 2.26. The zero-order valence-electron chi connectivity index (χ0n) is 15.0. The highest BCUT2D eigenvalue weighted by atomic mass is 16.2. The molecule has 0 saturated carbocycles. The molecule has 1 aliphatic rings. The van der Waals surface area contributed by atoms with Crippen LogP contribution in [0.25, 0.3) is 0 Å². The number of rotatable bonds is 8. The van der Waals surface area contributed by atoms with E-state index in [1.807, 2.05) is 32.0 Å². The van der Waals surface area contributed by atoms with Gasteiger partial charge in [-0.1, -0.05) is 58.6 Å². The van der Waals surface area contributed by atoms with Gasteiger partial charge < -0.3 is 5.32 Å². The molecule has 1 aromatic rings. The fraction of sp³-hybridized carbons (Fsp3) is 0.579. The molecular weight excluding hydrogens is 302 g/mol. The number of anilines is 1. The molecule has 0 radical (unpaired) electrons. The van der Waals surface area contributed by atoms with Gasteiger partial charge in [-0.3, -0.25) is 15.0 Å². The fourth-order valence-corrected chi connectivity index (χ4v) is 2.94. The molecule has 0 spiro atoms. The van der Waals surface area contributed by atoms with Gasteiger partial charge in [0, 0.05) is 12.1 Å². The Hall–Kier alpha value is -2.04. The van der Waals surface area contributed by atoms with Gasteiger partial charge in [-0.15, -0.1) is 0 Å². The van der Waals surface area contributed by atoms with Crippen LogP contribution in [0.3, 0.4) is 0 Å². The van der Waals surface area contributed by atoms with Crippen molar-refractivity contribution >= 4 is 17.5 Å². The zero-order chi connectivity index (χ0) is 17.5. The van der Waals surface area contributed by atoms with Crippen LogP contribution in [0, 0.1) is 5.92 Å². The molecule has 2 rings (SSSR count). The van der Waals surface area contributed by atoms with Crippen molar-refractivity contribution in [1.82, 2.24) is 10.4 Å². The van der Waals surface area contributed by atoms with Crippen molar-refractivity contribution in [2.24, 2.45) is 5.92 Å². The van der Waals surface area contributed by atoms with Crippen molar-refractivity contribution < 1.29 is 9.59 Å². The van der Waals surface area contributed by atoms with E-state index in [1.165, 1.54) is 17.9 Å². The lowest BCUT2D eigenvalue weighted by molar-refractivity contribution is -0.126. The van der Waals surface area contributed by atoms with E-state index in [4.69, 9.17) is 0 Å². The van der Waals surface area contributed by atoms with Crippen molar-refractivity contribution in [3.63, 3.8) is 0 Å². The first-order valence-electron chi connectivity index (χ1n) is 9.03. The van der Waals surface area contributed by atoms with E-state index in [9.17, 15) is 9.59 Å². The largest absolute Gasteiger partial charge is 0.363 e. The number of carbonyl (C=O) groups excluding carboxylic acids is 2. The fourth-order valence-electron chi connectivity index (χ4n) is 2.94. The monoisotopic (exact) mass is 331 g/mol. The third-order valence-electron chi connectivity index (χ3n) is 4.34. The molecule has 1 aromatic carbocycles. The Labute approximate surface area is 144 Å². The SMILES string of the molecule is CCCCCCCC(=O)NN1C(=O)c2ccccc2NC1C(C)C. The van der Waals surface area contributed by atoms with Crippen molar-refractivity contribution in [3.8, 4) is 0 Å². The second-order valence-electron chi connectivity index (χ2n) is 6.75. The number of benzene rings is 1. The molecule has 5 nitrogen and oxygen atoms in total. The van der Waals surface area contributed by atoms with Gasteiger partial charge in [0.25, 0.3) is 5.91 Å². The standard InChI is InChI=1S/C19H29N3O2/c1-4-5-6-7-8-13-17(23)21-22-18(14(2)3)20-16-12-10-9-11-15(16)19(22)24/h9-12,14,18,20H,4-8,13H2,1-3H3,(H,21,23). The number of hydrogen-bond donors (Lipinski definition) is 2. The normalized spacial score (nSPS) is 16.8. The molecule has 1 aliphatic heterocycles. The molecule has 5 heteroatoms. The maximum absolute atomic E-state index is 12.8. The summed E-state index contributed by atoms with van der Waals surface area (Å²) in [6.07, 6.45) is 5.71. The van der Waals surface area contributed by atoms with Crippen LogP contribution in [-0.4, -0.2) is 23.0 Å². The Morgan fingerprint density at radius 1 is 1.21 bits per heavy atom. The lowest BCUT2D eigenvalue weighted by Gasteiger charge is -2.39. The van der Waals surface area contributed by atoms with Gasteiger partial charge >= 0.3 is 0 Å². The average Bonchev–Trinajstić information content (AvgIpc) is 2.57. The Bertz CT molecular complexity index is 571. The second-order valence-corrected chi connectivity index (χ2v) is 6.75. The van der Waals surface area contributed by atoms with Crippen LogP contribution in [0.2, 0.25) is 0 Å². The van der Waals surface area contributed by atoms with E-state index in [0.717, 1.165) is 24.9 Å². The summed E-state index contributed by atoms with van der Waals surface area (Å²) in [5.41, 5.74) is 4.23. The minimum Gasteiger partial charge on any atom is -0.363 e. The van der Waals surface area contributed by atoms with Crippen LogP contribution in [-0.2, 0) is 4.79 Å². The first-order valence-corrected chi connectivity index (χ1v) is 9.03. The lowest BCUT2D eigenvalue weighted by atomic mass is 10.0. The van der Waals surface area contributed by atoms with Gasteiger partial charge in [0.2, 0.25) is 5.91 Å². The van der Waals surface area contributed by atoms with Gasteiger partial charge in [0.05, 0.1) is 5.56 Å². The molecule has 0 aliphatic carbocycles. The molecule has 2 N–H and O–H groups in total. The number of carbonyl (C=O) groups is 2. The van der Waals surface area contributed by atoms with Gasteiger partial charge in [-0.05, 0) is 24.5 Å². The van der Waals surface area contributed by atoms with E-state index in [1.54, 1.807) is 6.07 Å². The van der Waals surface area contributed by atoms with E-state index in [-0.39, 0.29) is 23.9 Å². The predicted molar refractivity (Wildman–Crippen MR) is 96.4 cm³/mol. The summed E-state index contributed by atoms with van der Waals surface area (Å²) in [5, 5.41) is 4.82. The summed E-state index contributed by atoms with van der Waals surface area (Å²) in [5.74, 6) is -0.0683. The molecule has 0 fully saturated rings. The molecule has 0 saturated heterocycles. The summed E-state index contributed by atoms with van der Waals surface area (Å²) >= 11 is 0. The number of nitrogens with one attached hydrogen (secondary N) is 2. The molecule has 2 amide bonds. The number of para-hydroxylation sites is 1. The second kappa shape index (κ2) is 8.71. The molecule has 24 heavy (non-hydrogen) atoms. The number of nitrogens with zero attached hydrogens (tertiary/aromatic N) is 1. The number of fused-ring (bicyclic) bond motifs is 1. The number of hydrazine groups is 1. The van der Waals surface area contributed by atoms with Crippen LogP contribution in [0.15, 0.2) is 24.3 Å². The number of amides is 2. The summed E-state index contributed by atoms with van der Waals surface area (Å²) in [6.45, 7) is 6.23. The lowest BCUT2D eigenvalue weighted by Crippen LogP contribution is -2.59. The highest BCUT2D eigenvalue weighted by molar-refractivity contribution is 6.02. The van der Waals surface area contributed by atoms with Crippen molar-refractivity contribution in [3.05, 3.63) is 29.8 Å². The predicted octanol–water partition coefficient (Wildman–Crippen LogP) is 3.93. The Morgan fingerprint density at radius 2 is 1.92 bits per heavy atom. The quantitative estimate of drug-likeness (QED) is 0.710. The summed E-state index contributed by atoms with van der Waals surface area (Å²) in [7, 11) is 0. The third kappa shape index (κ3) is 4.49. The highest BCUT2D eigenvalue weighted by Gasteiger charge is 2.34. The molecule has 1 unspecified atom stereocenters. The van der Waals surface area contributed by atoms with E-state index in [2.05, 4.69) is 17.7 Å². The Balaban J connectivity index is 1.99. The van der Waals surface area contributed by atoms with E-state index in [0.29, 0.717) is 12.0 Å². The third-order valence-corrected chi connectivity index (χ3v) is 4.34. The van der Waals surface area contributed by atoms with Crippen LogP contribution in [0.1, 0.15) is 69.7 Å². The van der Waals surface area contributed by atoms with Crippen LogP contribution >= 0.6 is 0 Å². The van der Waals surface area contributed by atoms with Crippen LogP contribution in [0.4, 0.5) is 5.69 Å². The first kappa shape index (κ1) is 18.3. The van der Waals surface area contributed by atoms with E-state index < -0.39 is 0 Å². The van der Waals surface area contributed by atoms with Gasteiger partial charge in [0.1, 0.15) is 6.17 Å². The average molecular weight is 331 g/mol. The summed E-state index contributed by atoms with van der Waals surface area (Å²) in [6, 6.07) is 7.42. The van der Waals surface area contributed by atoms with Crippen LogP contribution < -0.4 is 10.7 Å². The number of hydrogen-bond acceptors (Lipinski definition) is 3. The molecule has 1 atom stereocenters. The number of unbranched alkanes of at least 4 members (excludes halogenated alkanes) is 4. The van der Waals surface area contributed by atoms with Gasteiger partial charge in [-0.2, -0.15) is 0 Å². The van der Waals surface area contributed by atoms with Crippen molar-refractivity contribution in [2.45, 2.75) is 65.5 Å². The molecule has 132 valence electrons. The van der Waals surface area contributed by atoms with Crippen molar-refractivity contribution in [2.75, 3.05) is 5.32 Å². The van der Waals surface area contributed by atoms with E-state index >= 15 is 0 Å². The molecular formula is C19H29N3O2. The topological polar surface area (TPSA) is 61.4 Å². The zero-order valence-corrected chi connectivity index (χ0v) is 15.0. The molecule has 0 aromatic heterocycles. The van der Waals surface area contributed by atoms with Crippen molar-refractivity contribution in [1.29, 1.82) is 0 Å². The summed E-state index contributed by atoms with van der Waals surface area (Å²) < 4.78 is 0. The smallest absolute Gasteiger partial charge is 0.276 e. The maximum atomic E-state index is 12.8. The van der Waals surface area contributed by atoms with Gasteiger partial charge in [0.15, 0.2) is 0 Å². The first-order chi connectivity index (χ1) is 11.5. The minimum atomic E-state index is -0.239.